The second-order valence-electron chi connectivity index (χ2n) is 4.76. The van der Waals surface area contributed by atoms with Gasteiger partial charge in [-0.25, -0.2) is 4.98 Å². The van der Waals surface area contributed by atoms with Crippen molar-refractivity contribution < 1.29 is 0 Å². The fraction of sp³-hybridized carbons (Fsp3) is 0.118. The van der Waals surface area contributed by atoms with Gasteiger partial charge in [-0.1, -0.05) is 42.0 Å². The van der Waals surface area contributed by atoms with Crippen molar-refractivity contribution in [3.8, 4) is 0 Å². The lowest BCUT2D eigenvalue weighted by Gasteiger charge is -2.03. The van der Waals surface area contributed by atoms with Crippen molar-refractivity contribution in [2.75, 3.05) is 0 Å². The molecule has 2 heterocycles. The lowest BCUT2D eigenvalue weighted by molar-refractivity contribution is 1.24. The van der Waals surface area contributed by atoms with E-state index < -0.39 is 0 Å². The summed E-state index contributed by atoms with van der Waals surface area (Å²) in [5, 5.41) is 2.85. The minimum atomic E-state index is 0.531. The lowest BCUT2D eigenvalue weighted by Crippen LogP contribution is -1.89. The summed E-state index contributed by atoms with van der Waals surface area (Å²) in [6.45, 7) is 4.09. The number of hydrogen-bond acceptors (Lipinski definition) is 1. The maximum Gasteiger partial charge on any atom is 0.153 e. The zero-order chi connectivity index (χ0) is 14.1. The third-order valence-electron chi connectivity index (χ3n) is 3.34. The Morgan fingerprint density at radius 3 is 2.80 bits per heavy atom. The molecule has 1 aromatic carbocycles. The molecule has 3 rings (SSSR count). The van der Waals surface area contributed by atoms with Crippen LogP contribution in [0.2, 0.25) is 5.15 Å². The topological polar surface area (TPSA) is 17.8 Å². The molecule has 0 amide bonds. The Balaban J connectivity index is 2.46. The molecule has 0 saturated heterocycles. The van der Waals surface area contributed by atoms with Gasteiger partial charge in [-0.2, -0.15) is 0 Å². The summed E-state index contributed by atoms with van der Waals surface area (Å²) in [5.41, 5.74) is 3.26. The van der Waals surface area contributed by atoms with Gasteiger partial charge in [0, 0.05) is 23.2 Å². The Kier molecular flexibility index (Phi) is 3.33. The first kappa shape index (κ1) is 12.9. The highest BCUT2D eigenvalue weighted by Crippen LogP contribution is 2.32. The third kappa shape index (κ3) is 2.02. The zero-order valence-corrected chi connectivity index (χ0v) is 12.2. The van der Waals surface area contributed by atoms with E-state index in [2.05, 4.69) is 40.9 Å². The van der Waals surface area contributed by atoms with Crippen LogP contribution in [0.1, 0.15) is 13.8 Å². The van der Waals surface area contributed by atoms with E-state index >= 15 is 0 Å². The summed E-state index contributed by atoms with van der Waals surface area (Å²) in [5.74, 6) is 0. The van der Waals surface area contributed by atoms with Gasteiger partial charge in [-0.3, -0.25) is 0 Å². The molecule has 0 bridgehead atoms. The molecule has 100 valence electrons. The molecule has 0 aliphatic carbocycles. The van der Waals surface area contributed by atoms with Crippen LogP contribution in [-0.2, 0) is 0 Å². The van der Waals surface area contributed by atoms with E-state index in [1.54, 1.807) is 6.20 Å². The minimum Gasteiger partial charge on any atom is -0.313 e. The number of nitrogens with zero attached hydrogens (tertiary/aromatic N) is 2. The number of fused-ring (bicyclic) bond motifs is 3. The van der Waals surface area contributed by atoms with Gasteiger partial charge in [0.2, 0.25) is 0 Å². The molecule has 0 spiro atoms. The van der Waals surface area contributed by atoms with Crippen molar-refractivity contribution in [3.63, 3.8) is 0 Å². The summed E-state index contributed by atoms with van der Waals surface area (Å²) in [7, 11) is 0. The van der Waals surface area contributed by atoms with Gasteiger partial charge in [-0.05, 0) is 31.6 Å². The van der Waals surface area contributed by atoms with Gasteiger partial charge in [-0.15, -0.1) is 0 Å². The van der Waals surface area contributed by atoms with Gasteiger partial charge >= 0.3 is 0 Å². The van der Waals surface area contributed by atoms with Gasteiger partial charge in [0.05, 0.1) is 11.0 Å². The Morgan fingerprint density at radius 1 is 1.20 bits per heavy atom. The van der Waals surface area contributed by atoms with E-state index in [1.807, 2.05) is 31.2 Å². The first-order valence-electron chi connectivity index (χ1n) is 6.56. The fourth-order valence-electron chi connectivity index (χ4n) is 2.55. The van der Waals surface area contributed by atoms with Crippen molar-refractivity contribution in [2.45, 2.75) is 13.8 Å². The van der Waals surface area contributed by atoms with Gasteiger partial charge in [0.15, 0.2) is 5.15 Å². The largest absolute Gasteiger partial charge is 0.313 e. The van der Waals surface area contributed by atoms with Gasteiger partial charge in [0.1, 0.15) is 0 Å². The van der Waals surface area contributed by atoms with Crippen LogP contribution in [0, 0.1) is 0 Å². The Bertz CT molecular complexity index is 841. The number of para-hydroxylation sites is 1. The smallest absolute Gasteiger partial charge is 0.153 e. The summed E-state index contributed by atoms with van der Waals surface area (Å²) in [6, 6.07) is 10.3. The molecule has 3 aromatic rings. The average molecular weight is 283 g/mol. The Morgan fingerprint density at radius 2 is 2.00 bits per heavy atom. The van der Waals surface area contributed by atoms with Crippen LogP contribution in [-0.4, -0.2) is 9.55 Å². The maximum atomic E-state index is 6.31. The molecule has 0 radical (unpaired) electrons. The predicted octanol–water partition coefficient (Wildman–Crippen LogP) is 5.28. The summed E-state index contributed by atoms with van der Waals surface area (Å²) in [6.07, 6.45) is 7.95. The first-order valence-corrected chi connectivity index (χ1v) is 6.94. The number of aromatic nitrogens is 2. The molecule has 0 unspecified atom stereocenters. The first-order chi connectivity index (χ1) is 9.72. The molecule has 0 N–H and O–H groups in total. The highest BCUT2D eigenvalue weighted by Gasteiger charge is 2.12. The third-order valence-corrected chi connectivity index (χ3v) is 3.61. The quantitative estimate of drug-likeness (QED) is 0.462. The molecule has 2 aromatic heterocycles. The Labute approximate surface area is 123 Å². The SMILES string of the molecule is CC=CC(C)=Cn1c2ccccc2c2ccnc(Cl)c21. The molecule has 0 fully saturated rings. The van der Waals surface area contributed by atoms with Crippen molar-refractivity contribution >= 4 is 39.6 Å². The fourth-order valence-corrected chi connectivity index (χ4v) is 2.80. The van der Waals surface area contributed by atoms with Crippen molar-refractivity contribution in [1.82, 2.24) is 9.55 Å². The van der Waals surface area contributed by atoms with Crippen LogP contribution >= 0.6 is 11.6 Å². The summed E-state index contributed by atoms with van der Waals surface area (Å²) < 4.78 is 2.12. The molecule has 3 heteroatoms. The van der Waals surface area contributed by atoms with E-state index in [9.17, 15) is 0 Å². The van der Waals surface area contributed by atoms with Gasteiger partial charge < -0.3 is 4.57 Å². The zero-order valence-electron chi connectivity index (χ0n) is 11.5. The Hall–Kier alpha value is -2.06. The number of pyridine rings is 1. The average Bonchev–Trinajstić information content (AvgIpc) is 2.76. The monoisotopic (exact) mass is 282 g/mol. The van der Waals surface area contributed by atoms with Crippen LogP contribution in [0.15, 0.2) is 54.3 Å². The molecule has 0 atom stereocenters. The van der Waals surface area contributed by atoms with Gasteiger partial charge in [0.25, 0.3) is 0 Å². The lowest BCUT2D eigenvalue weighted by atomic mass is 10.2. The number of halogens is 1. The molecule has 0 aliphatic heterocycles. The van der Waals surface area contributed by atoms with E-state index in [-0.39, 0.29) is 0 Å². The second kappa shape index (κ2) is 5.14. The van der Waals surface area contributed by atoms with Crippen molar-refractivity contribution in [3.05, 3.63) is 59.4 Å². The second-order valence-corrected chi connectivity index (χ2v) is 5.12. The number of hydrogen-bond donors (Lipinski definition) is 0. The van der Waals surface area contributed by atoms with E-state index in [0.29, 0.717) is 5.15 Å². The van der Waals surface area contributed by atoms with Crippen LogP contribution < -0.4 is 0 Å². The molecule has 0 aliphatic rings. The van der Waals surface area contributed by atoms with Crippen LogP contribution in [0.25, 0.3) is 28.0 Å². The van der Waals surface area contributed by atoms with Crippen molar-refractivity contribution in [2.24, 2.45) is 0 Å². The molecule has 0 saturated carbocycles. The van der Waals surface area contributed by atoms with E-state index in [4.69, 9.17) is 11.6 Å². The summed E-state index contributed by atoms with van der Waals surface area (Å²) >= 11 is 6.31. The maximum absolute atomic E-state index is 6.31. The molecular weight excluding hydrogens is 268 g/mol. The van der Waals surface area contributed by atoms with Crippen LogP contribution in [0.3, 0.4) is 0 Å². The highest BCUT2D eigenvalue weighted by molar-refractivity contribution is 6.35. The van der Waals surface area contributed by atoms with E-state index in [1.165, 1.54) is 5.39 Å². The normalized spacial score (nSPS) is 12.8. The van der Waals surface area contributed by atoms with Crippen LogP contribution in [0.4, 0.5) is 0 Å². The number of allylic oxidation sites excluding steroid dienone is 3. The molecular formula is C17H15ClN2. The van der Waals surface area contributed by atoms with E-state index in [0.717, 1.165) is 22.0 Å². The molecule has 2 nitrogen and oxygen atoms in total. The van der Waals surface area contributed by atoms with Crippen LogP contribution in [0.5, 0.6) is 0 Å². The standard InChI is InChI=1S/C17H15ClN2/c1-3-6-12(2)11-20-15-8-5-4-7-13(15)14-9-10-19-17(18)16(14)20/h3-11H,1-2H3. The highest BCUT2D eigenvalue weighted by atomic mass is 35.5. The minimum absolute atomic E-state index is 0.531. The number of benzene rings is 1. The molecule has 20 heavy (non-hydrogen) atoms. The van der Waals surface area contributed by atoms with Crippen molar-refractivity contribution in [1.29, 1.82) is 0 Å². The number of rotatable bonds is 2. The predicted molar refractivity (Wildman–Crippen MR) is 87.0 cm³/mol. The summed E-state index contributed by atoms with van der Waals surface area (Å²) in [4.78, 5) is 4.21.